The first kappa shape index (κ1) is 18.3. The van der Waals surface area contributed by atoms with Crippen LogP contribution in [0.5, 0.6) is 0 Å². The Hall–Kier alpha value is -2.51. The van der Waals surface area contributed by atoms with Gasteiger partial charge in [-0.1, -0.05) is 12.1 Å². The Morgan fingerprint density at radius 3 is 2.81 bits per heavy atom. The maximum absolute atomic E-state index is 13.1. The molecule has 0 spiro atoms. The average Bonchev–Trinajstić information content (AvgIpc) is 3.13. The van der Waals surface area contributed by atoms with E-state index in [0.717, 1.165) is 31.7 Å². The summed E-state index contributed by atoms with van der Waals surface area (Å²) in [6.45, 7) is 1.27. The number of carbonyl (C=O) groups excluding carboxylic acids is 1. The monoisotopic (exact) mass is 366 g/mol. The van der Waals surface area contributed by atoms with Crippen LogP contribution in [0.15, 0.2) is 43.0 Å². The lowest BCUT2D eigenvalue weighted by atomic mass is 9.99. The van der Waals surface area contributed by atoms with E-state index in [4.69, 9.17) is 0 Å². The number of alkyl halides is 3. The third-order valence-corrected chi connectivity index (χ3v) is 4.64. The largest absolute Gasteiger partial charge is 0.418 e. The molecule has 140 valence electrons. The van der Waals surface area contributed by atoms with Crippen molar-refractivity contribution in [1.29, 1.82) is 0 Å². The van der Waals surface area contributed by atoms with Gasteiger partial charge in [0, 0.05) is 31.5 Å². The van der Waals surface area contributed by atoms with Crippen molar-refractivity contribution in [3.05, 3.63) is 48.5 Å². The second kappa shape index (κ2) is 7.80. The van der Waals surface area contributed by atoms with E-state index in [1.165, 1.54) is 18.2 Å². The summed E-state index contributed by atoms with van der Waals surface area (Å²) >= 11 is 0. The number of imidazole rings is 1. The summed E-state index contributed by atoms with van der Waals surface area (Å²) < 4.78 is 41.3. The molecule has 0 unspecified atom stereocenters. The van der Waals surface area contributed by atoms with E-state index in [1.54, 1.807) is 17.4 Å². The number of likely N-dealkylation sites (tertiary alicyclic amines) is 1. The van der Waals surface area contributed by atoms with Crippen LogP contribution in [0.4, 0.5) is 23.7 Å². The highest BCUT2D eigenvalue weighted by Gasteiger charge is 2.34. The summed E-state index contributed by atoms with van der Waals surface area (Å²) in [4.78, 5) is 18.3. The number of halogens is 3. The van der Waals surface area contributed by atoms with Crippen LogP contribution in [0.2, 0.25) is 0 Å². The Kier molecular flexibility index (Phi) is 5.49. The molecule has 2 aromatic rings. The number of amides is 2. The van der Waals surface area contributed by atoms with Gasteiger partial charge in [-0.15, -0.1) is 0 Å². The van der Waals surface area contributed by atoms with Crippen molar-refractivity contribution >= 4 is 11.7 Å². The fourth-order valence-corrected chi connectivity index (χ4v) is 3.31. The van der Waals surface area contributed by atoms with Gasteiger partial charge in [-0.05, 0) is 37.8 Å². The van der Waals surface area contributed by atoms with E-state index in [2.05, 4.69) is 10.3 Å². The van der Waals surface area contributed by atoms with Gasteiger partial charge in [0.2, 0.25) is 0 Å². The zero-order valence-electron chi connectivity index (χ0n) is 14.2. The van der Waals surface area contributed by atoms with Crippen LogP contribution in [0.1, 0.15) is 31.2 Å². The summed E-state index contributed by atoms with van der Waals surface area (Å²) in [6, 6.07) is 4.58. The predicted octanol–water partition coefficient (Wildman–Crippen LogP) is 4.38. The smallest absolute Gasteiger partial charge is 0.337 e. The van der Waals surface area contributed by atoms with Crippen molar-refractivity contribution in [1.82, 2.24) is 14.5 Å². The van der Waals surface area contributed by atoms with Crippen molar-refractivity contribution in [2.24, 2.45) is 0 Å². The molecule has 8 heteroatoms. The zero-order valence-corrected chi connectivity index (χ0v) is 14.2. The first-order valence-electron chi connectivity index (χ1n) is 8.65. The van der Waals surface area contributed by atoms with Crippen LogP contribution < -0.4 is 5.32 Å². The number of para-hydroxylation sites is 1. The molecule has 1 aromatic carbocycles. The standard InChI is InChI=1S/C18H21F3N4O/c19-18(20,21)15-6-1-2-7-16(15)23-17(26)25-10-4-3-5-14(25)8-11-24-12-9-22-13-24/h1-2,6-7,9,12-14H,3-5,8,10-11H2,(H,23,26)/t14-/m0/s1. The lowest BCUT2D eigenvalue weighted by Gasteiger charge is -2.36. The molecule has 2 amide bonds. The van der Waals surface area contributed by atoms with E-state index in [9.17, 15) is 18.0 Å². The van der Waals surface area contributed by atoms with Crippen LogP contribution in [0.3, 0.4) is 0 Å². The maximum Gasteiger partial charge on any atom is 0.418 e. The molecule has 26 heavy (non-hydrogen) atoms. The number of hydrogen-bond acceptors (Lipinski definition) is 2. The Morgan fingerprint density at radius 1 is 1.27 bits per heavy atom. The first-order valence-corrected chi connectivity index (χ1v) is 8.65. The molecular formula is C18H21F3N4O. The maximum atomic E-state index is 13.1. The van der Waals surface area contributed by atoms with E-state index < -0.39 is 17.8 Å². The topological polar surface area (TPSA) is 50.2 Å². The van der Waals surface area contributed by atoms with Gasteiger partial charge >= 0.3 is 12.2 Å². The van der Waals surface area contributed by atoms with Crippen LogP contribution in [0.25, 0.3) is 0 Å². The van der Waals surface area contributed by atoms with Gasteiger partial charge in [0.15, 0.2) is 0 Å². The van der Waals surface area contributed by atoms with Crippen molar-refractivity contribution in [3.8, 4) is 0 Å². The van der Waals surface area contributed by atoms with Crippen molar-refractivity contribution in [2.75, 3.05) is 11.9 Å². The summed E-state index contributed by atoms with van der Waals surface area (Å²) in [5.74, 6) is 0. The lowest BCUT2D eigenvalue weighted by Crippen LogP contribution is -2.46. The molecule has 5 nitrogen and oxygen atoms in total. The number of nitrogens with one attached hydrogen (secondary N) is 1. The van der Waals surface area contributed by atoms with Crippen molar-refractivity contribution < 1.29 is 18.0 Å². The van der Waals surface area contributed by atoms with E-state index in [1.807, 2.05) is 10.8 Å². The Morgan fingerprint density at radius 2 is 2.08 bits per heavy atom. The Bertz CT molecular complexity index is 730. The minimum atomic E-state index is -4.51. The second-order valence-electron chi connectivity index (χ2n) is 6.41. The minimum Gasteiger partial charge on any atom is -0.337 e. The van der Waals surface area contributed by atoms with E-state index in [0.29, 0.717) is 13.1 Å². The molecule has 1 saturated heterocycles. The summed E-state index contributed by atoms with van der Waals surface area (Å²) in [6.07, 6.45) is 4.22. The van der Waals surface area contributed by atoms with Crippen LogP contribution in [-0.2, 0) is 12.7 Å². The van der Waals surface area contributed by atoms with E-state index >= 15 is 0 Å². The molecule has 0 bridgehead atoms. The molecule has 1 atom stereocenters. The number of carbonyl (C=O) groups is 1. The number of anilines is 1. The fraction of sp³-hybridized carbons (Fsp3) is 0.444. The predicted molar refractivity (Wildman–Crippen MR) is 91.7 cm³/mol. The molecule has 1 aromatic heterocycles. The second-order valence-corrected chi connectivity index (χ2v) is 6.41. The number of urea groups is 1. The number of hydrogen-bond donors (Lipinski definition) is 1. The number of piperidine rings is 1. The summed E-state index contributed by atoms with van der Waals surface area (Å²) in [7, 11) is 0. The molecule has 0 radical (unpaired) electrons. The summed E-state index contributed by atoms with van der Waals surface area (Å²) in [5.41, 5.74) is -1.04. The molecule has 1 fully saturated rings. The van der Waals surface area contributed by atoms with Gasteiger partial charge in [0.05, 0.1) is 17.6 Å². The highest BCUT2D eigenvalue weighted by atomic mass is 19.4. The van der Waals surface area contributed by atoms with Crippen molar-refractivity contribution in [3.63, 3.8) is 0 Å². The highest BCUT2D eigenvalue weighted by molar-refractivity contribution is 5.90. The fourth-order valence-electron chi connectivity index (χ4n) is 3.31. The van der Waals surface area contributed by atoms with Crippen LogP contribution >= 0.6 is 0 Å². The van der Waals surface area contributed by atoms with Crippen LogP contribution in [-0.4, -0.2) is 33.1 Å². The molecular weight excluding hydrogens is 345 g/mol. The molecule has 1 N–H and O–H groups in total. The highest BCUT2D eigenvalue weighted by Crippen LogP contribution is 2.35. The third-order valence-electron chi connectivity index (χ3n) is 4.64. The lowest BCUT2D eigenvalue weighted by molar-refractivity contribution is -0.136. The van der Waals surface area contributed by atoms with Crippen LogP contribution in [0, 0.1) is 0 Å². The molecule has 0 aliphatic carbocycles. The van der Waals surface area contributed by atoms with Gasteiger partial charge in [0.25, 0.3) is 0 Å². The van der Waals surface area contributed by atoms with Gasteiger partial charge in [0.1, 0.15) is 0 Å². The van der Waals surface area contributed by atoms with Crippen molar-refractivity contribution in [2.45, 2.75) is 44.4 Å². The quantitative estimate of drug-likeness (QED) is 0.873. The number of aromatic nitrogens is 2. The Balaban J connectivity index is 1.69. The SMILES string of the molecule is O=C(Nc1ccccc1C(F)(F)F)N1CCCC[C@H]1CCn1ccnc1. The Labute approximate surface area is 149 Å². The molecule has 1 aliphatic heterocycles. The zero-order chi connectivity index (χ0) is 18.6. The summed E-state index contributed by atoms with van der Waals surface area (Å²) in [5, 5.41) is 2.46. The third kappa shape index (κ3) is 4.36. The van der Waals surface area contributed by atoms with E-state index in [-0.39, 0.29) is 11.7 Å². The molecule has 0 saturated carbocycles. The van der Waals surface area contributed by atoms with Gasteiger partial charge < -0.3 is 14.8 Å². The van der Waals surface area contributed by atoms with Gasteiger partial charge in [-0.2, -0.15) is 13.2 Å². The van der Waals surface area contributed by atoms with Gasteiger partial charge in [-0.3, -0.25) is 0 Å². The number of nitrogens with zero attached hydrogens (tertiary/aromatic N) is 3. The number of benzene rings is 1. The number of rotatable bonds is 4. The number of aryl methyl sites for hydroxylation is 1. The first-order chi connectivity index (χ1) is 12.4. The van der Waals surface area contributed by atoms with Gasteiger partial charge in [-0.25, -0.2) is 9.78 Å². The molecule has 2 heterocycles. The normalized spacial score (nSPS) is 18.0. The molecule has 1 aliphatic rings. The molecule has 3 rings (SSSR count). The average molecular weight is 366 g/mol. The minimum absolute atomic E-state index is 0.00389.